The van der Waals surface area contributed by atoms with Crippen LogP contribution in [-0.2, 0) is 0 Å². The van der Waals surface area contributed by atoms with Gasteiger partial charge < -0.3 is 10.2 Å². The summed E-state index contributed by atoms with van der Waals surface area (Å²) >= 11 is 0. The molecule has 1 aromatic carbocycles. The Morgan fingerprint density at radius 2 is 2.16 bits per heavy atom. The smallest absolute Gasteiger partial charge is 0.254 e. The summed E-state index contributed by atoms with van der Waals surface area (Å²) in [6, 6.07) is 9.23. The molecule has 1 saturated heterocycles. The number of nitriles is 1. The second kappa shape index (κ2) is 6.35. The molecule has 1 aliphatic rings. The molecule has 1 N–H and O–H groups in total. The molecule has 1 unspecified atom stereocenters. The monoisotopic (exact) mass is 257 g/mol. The Labute approximate surface area is 114 Å². The molecule has 0 aliphatic carbocycles. The maximum atomic E-state index is 12.5. The molecule has 0 radical (unpaired) electrons. The second-order valence-corrected chi connectivity index (χ2v) is 4.89. The van der Waals surface area contributed by atoms with Crippen LogP contribution in [0.15, 0.2) is 24.3 Å². The number of likely N-dealkylation sites (tertiary alicyclic amines) is 1. The van der Waals surface area contributed by atoms with Gasteiger partial charge in [0, 0.05) is 24.7 Å². The molecule has 1 atom stereocenters. The molecular formula is C15H19N3O. The maximum Gasteiger partial charge on any atom is 0.254 e. The second-order valence-electron chi connectivity index (χ2n) is 4.89. The number of benzene rings is 1. The third-order valence-corrected chi connectivity index (χ3v) is 3.59. The van der Waals surface area contributed by atoms with Crippen molar-refractivity contribution in [3.63, 3.8) is 0 Å². The van der Waals surface area contributed by atoms with Crippen molar-refractivity contribution < 1.29 is 4.79 Å². The molecule has 1 amide bonds. The summed E-state index contributed by atoms with van der Waals surface area (Å²) in [6.45, 7) is 1.66. The number of rotatable bonds is 3. The molecule has 19 heavy (non-hydrogen) atoms. The molecule has 0 spiro atoms. The average Bonchev–Trinajstić information content (AvgIpc) is 2.47. The molecule has 0 aromatic heterocycles. The van der Waals surface area contributed by atoms with Crippen molar-refractivity contribution in [3.8, 4) is 6.07 Å². The Bertz CT molecular complexity index is 473. The van der Waals surface area contributed by atoms with Crippen LogP contribution >= 0.6 is 0 Å². The van der Waals surface area contributed by atoms with Crippen LogP contribution in [0, 0.1) is 11.3 Å². The van der Waals surface area contributed by atoms with Crippen LogP contribution in [0.4, 0.5) is 0 Å². The van der Waals surface area contributed by atoms with E-state index in [1.165, 1.54) is 6.42 Å². The minimum Gasteiger partial charge on any atom is -0.334 e. The zero-order chi connectivity index (χ0) is 13.7. The lowest BCUT2D eigenvalue weighted by atomic mass is 10.0. The number of carbonyl (C=O) groups is 1. The van der Waals surface area contributed by atoms with Crippen LogP contribution < -0.4 is 5.32 Å². The highest BCUT2D eigenvalue weighted by atomic mass is 16.2. The van der Waals surface area contributed by atoms with E-state index >= 15 is 0 Å². The fourth-order valence-electron chi connectivity index (χ4n) is 2.57. The number of amides is 1. The standard InChI is InChI=1S/C15H19N3O/c1-17-11-14-4-2-3-9-18(14)15(19)13-7-5-12(10-16)6-8-13/h5-8,14,17H,2-4,9,11H2,1H3. The van der Waals surface area contributed by atoms with E-state index in [4.69, 9.17) is 5.26 Å². The normalized spacial score (nSPS) is 18.9. The van der Waals surface area contributed by atoms with E-state index in [0.29, 0.717) is 11.1 Å². The van der Waals surface area contributed by atoms with Crippen molar-refractivity contribution in [1.29, 1.82) is 5.26 Å². The summed E-state index contributed by atoms with van der Waals surface area (Å²) in [7, 11) is 1.92. The molecule has 4 nitrogen and oxygen atoms in total. The Balaban J connectivity index is 2.14. The lowest BCUT2D eigenvalue weighted by Gasteiger charge is -2.35. The molecule has 1 heterocycles. The Morgan fingerprint density at radius 1 is 1.42 bits per heavy atom. The molecule has 0 bridgehead atoms. The quantitative estimate of drug-likeness (QED) is 0.898. The third-order valence-electron chi connectivity index (χ3n) is 3.59. The van der Waals surface area contributed by atoms with Crippen molar-refractivity contribution in [2.75, 3.05) is 20.1 Å². The summed E-state index contributed by atoms with van der Waals surface area (Å²) in [5.74, 6) is 0.0736. The number of nitrogens with zero attached hydrogens (tertiary/aromatic N) is 2. The fourth-order valence-corrected chi connectivity index (χ4v) is 2.57. The highest BCUT2D eigenvalue weighted by molar-refractivity contribution is 5.94. The van der Waals surface area contributed by atoms with Crippen LogP contribution in [0.5, 0.6) is 0 Å². The van der Waals surface area contributed by atoms with E-state index in [-0.39, 0.29) is 11.9 Å². The first-order valence-corrected chi connectivity index (χ1v) is 6.72. The highest BCUT2D eigenvalue weighted by Gasteiger charge is 2.26. The van der Waals surface area contributed by atoms with Gasteiger partial charge in [-0.15, -0.1) is 0 Å². The van der Waals surface area contributed by atoms with Gasteiger partial charge in [-0.05, 0) is 50.6 Å². The van der Waals surface area contributed by atoms with Gasteiger partial charge in [-0.2, -0.15) is 5.26 Å². The van der Waals surface area contributed by atoms with Gasteiger partial charge in [0.25, 0.3) is 5.91 Å². The molecule has 2 rings (SSSR count). The van der Waals surface area contributed by atoms with Gasteiger partial charge in [0.1, 0.15) is 0 Å². The van der Waals surface area contributed by atoms with Crippen molar-refractivity contribution in [3.05, 3.63) is 35.4 Å². The molecule has 4 heteroatoms. The van der Waals surface area contributed by atoms with Crippen molar-refractivity contribution in [1.82, 2.24) is 10.2 Å². The van der Waals surface area contributed by atoms with E-state index in [1.54, 1.807) is 24.3 Å². The third kappa shape index (κ3) is 3.12. The first kappa shape index (κ1) is 13.6. The lowest BCUT2D eigenvalue weighted by molar-refractivity contribution is 0.0615. The summed E-state index contributed by atoms with van der Waals surface area (Å²) in [6.07, 6.45) is 3.31. The predicted molar refractivity (Wildman–Crippen MR) is 73.8 cm³/mol. The average molecular weight is 257 g/mol. The number of hydrogen-bond acceptors (Lipinski definition) is 3. The van der Waals surface area contributed by atoms with Gasteiger partial charge in [0.05, 0.1) is 11.6 Å². The maximum absolute atomic E-state index is 12.5. The summed E-state index contributed by atoms with van der Waals surface area (Å²) in [5, 5.41) is 11.9. The number of piperidine rings is 1. The van der Waals surface area contributed by atoms with E-state index in [9.17, 15) is 4.79 Å². The highest BCUT2D eigenvalue weighted by Crippen LogP contribution is 2.19. The van der Waals surface area contributed by atoms with E-state index in [2.05, 4.69) is 11.4 Å². The zero-order valence-corrected chi connectivity index (χ0v) is 11.2. The number of likely N-dealkylation sites (N-methyl/N-ethyl adjacent to an activating group) is 1. The summed E-state index contributed by atoms with van der Waals surface area (Å²) in [5.41, 5.74) is 1.25. The van der Waals surface area contributed by atoms with Gasteiger partial charge in [-0.25, -0.2) is 0 Å². The van der Waals surface area contributed by atoms with Crippen LogP contribution in [0.2, 0.25) is 0 Å². The molecule has 100 valence electrons. The van der Waals surface area contributed by atoms with Gasteiger partial charge in [-0.1, -0.05) is 0 Å². The fraction of sp³-hybridized carbons (Fsp3) is 0.467. The summed E-state index contributed by atoms with van der Waals surface area (Å²) < 4.78 is 0. The van der Waals surface area contributed by atoms with E-state index in [1.807, 2.05) is 11.9 Å². The van der Waals surface area contributed by atoms with Crippen molar-refractivity contribution in [2.45, 2.75) is 25.3 Å². The van der Waals surface area contributed by atoms with Crippen LogP contribution in [0.3, 0.4) is 0 Å². The van der Waals surface area contributed by atoms with E-state index < -0.39 is 0 Å². The first-order valence-electron chi connectivity index (χ1n) is 6.72. The van der Waals surface area contributed by atoms with Crippen molar-refractivity contribution in [2.24, 2.45) is 0 Å². The van der Waals surface area contributed by atoms with Gasteiger partial charge >= 0.3 is 0 Å². The molecule has 0 saturated carbocycles. The molecule has 1 aromatic rings. The Morgan fingerprint density at radius 3 is 2.79 bits per heavy atom. The predicted octanol–water partition coefficient (Wildman–Crippen LogP) is 1.77. The van der Waals surface area contributed by atoms with E-state index in [0.717, 1.165) is 25.9 Å². The largest absolute Gasteiger partial charge is 0.334 e. The topological polar surface area (TPSA) is 56.1 Å². The minimum atomic E-state index is 0.0736. The number of nitrogens with one attached hydrogen (secondary N) is 1. The summed E-state index contributed by atoms with van der Waals surface area (Å²) in [4.78, 5) is 14.5. The van der Waals surface area contributed by atoms with Gasteiger partial charge in [0.2, 0.25) is 0 Å². The molecule has 1 fully saturated rings. The van der Waals surface area contributed by atoms with Gasteiger partial charge in [-0.3, -0.25) is 4.79 Å². The minimum absolute atomic E-state index is 0.0736. The molecular weight excluding hydrogens is 238 g/mol. The Hall–Kier alpha value is -1.86. The zero-order valence-electron chi connectivity index (χ0n) is 11.2. The molecule has 1 aliphatic heterocycles. The number of hydrogen-bond donors (Lipinski definition) is 1. The van der Waals surface area contributed by atoms with Crippen LogP contribution in [-0.4, -0.2) is 37.0 Å². The first-order chi connectivity index (χ1) is 9.26. The Kier molecular flexibility index (Phi) is 4.53. The SMILES string of the molecule is CNCC1CCCCN1C(=O)c1ccc(C#N)cc1. The van der Waals surface area contributed by atoms with Gasteiger partial charge in [0.15, 0.2) is 0 Å². The van der Waals surface area contributed by atoms with Crippen molar-refractivity contribution >= 4 is 5.91 Å². The lowest BCUT2D eigenvalue weighted by Crippen LogP contribution is -2.48. The number of carbonyl (C=O) groups excluding carboxylic acids is 1. The van der Waals surface area contributed by atoms with Crippen LogP contribution in [0.1, 0.15) is 35.2 Å². The van der Waals surface area contributed by atoms with Crippen LogP contribution in [0.25, 0.3) is 0 Å².